The highest BCUT2D eigenvalue weighted by Gasteiger charge is 2.26. The van der Waals surface area contributed by atoms with Crippen LogP contribution in [0.4, 0.5) is 4.39 Å². The first-order valence-corrected chi connectivity index (χ1v) is 9.18. The molecule has 1 amide bonds. The van der Waals surface area contributed by atoms with Crippen LogP contribution in [0.3, 0.4) is 0 Å². The Balaban J connectivity index is 2.00. The van der Waals surface area contributed by atoms with E-state index in [-0.39, 0.29) is 23.8 Å². The summed E-state index contributed by atoms with van der Waals surface area (Å²) in [5, 5.41) is 0. The van der Waals surface area contributed by atoms with Crippen molar-refractivity contribution in [3.63, 3.8) is 0 Å². The lowest BCUT2D eigenvalue weighted by atomic mass is 10.2. The molecule has 0 bridgehead atoms. The van der Waals surface area contributed by atoms with E-state index in [1.54, 1.807) is 12.1 Å². The molecule has 2 aromatic heterocycles. The van der Waals surface area contributed by atoms with Gasteiger partial charge in [0.2, 0.25) is 0 Å². The van der Waals surface area contributed by atoms with Gasteiger partial charge in [0, 0.05) is 29.5 Å². The molecule has 0 spiro atoms. The summed E-state index contributed by atoms with van der Waals surface area (Å²) in [6.45, 7) is 10.0. The van der Waals surface area contributed by atoms with E-state index in [1.165, 1.54) is 23.5 Å². The lowest BCUT2D eigenvalue weighted by Gasteiger charge is -2.30. The zero-order valence-electron chi connectivity index (χ0n) is 15.1. The lowest BCUT2D eigenvalue weighted by molar-refractivity contribution is 0.0647. The molecule has 3 aromatic rings. The summed E-state index contributed by atoms with van der Waals surface area (Å²) in [6.07, 6.45) is 1.90. The quantitative estimate of drug-likeness (QED) is 0.673. The smallest absolute Gasteiger partial charge is 0.266 e. The Morgan fingerprint density at radius 3 is 2.28 bits per heavy atom. The maximum Gasteiger partial charge on any atom is 0.266 e. The number of amides is 1. The first-order chi connectivity index (χ1) is 11.8. The summed E-state index contributed by atoms with van der Waals surface area (Å²) < 4.78 is 15.0. The average Bonchev–Trinajstić information content (AvgIpc) is 3.07. The average molecular weight is 359 g/mol. The van der Waals surface area contributed by atoms with Crippen molar-refractivity contribution in [2.75, 3.05) is 0 Å². The number of carbonyl (C=O) groups excluding carboxylic acids is 1. The van der Waals surface area contributed by atoms with Crippen LogP contribution in [0.2, 0.25) is 0 Å². The highest BCUT2D eigenvalue weighted by atomic mass is 32.1. The predicted molar refractivity (Wildman–Crippen MR) is 99.6 cm³/mol. The van der Waals surface area contributed by atoms with Crippen LogP contribution in [0.5, 0.6) is 0 Å². The number of carbonyl (C=O) groups is 1. The molecule has 0 atom stereocenters. The van der Waals surface area contributed by atoms with Gasteiger partial charge in [0.05, 0.1) is 5.69 Å². The lowest BCUT2D eigenvalue weighted by Crippen LogP contribution is -2.42. The zero-order chi connectivity index (χ0) is 18.3. The molecule has 6 heteroatoms. The van der Waals surface area contributed by atoms with E-state index < -0.39 is 0 Å². The molecular weight excluding hydrogens is 337 g/mol. The minimum Gasteiger partial charge on any atom is -0.333 e. The van der Waals surface area contributed by atoms with Crippen molar-refractivity contribution < 1.29 is 9.18 Å². The fourth-order valence-corrected chi connectivity index (χ4v) is 4.14. The molecule has 0 saturated heterocycles. The fraction of sp³-hybridized carbons (Fsp3) is 0.368. The summed E-state index contributed by atoms with van der Waals surface area (Å²) in [4.78, 5) is 21.0. The highest BCUT2D eigenvalue weighted by Crippen LogP contribution is 2.29. The van der Waals surface area contributed by atoms with E-state index in [4.69, 9.17) is 0 Å². The molecule has 0 fully saturated rings. The fourth-order valence-electron chi connectivity index (χ4n) is 3.09. The second-order valence-corrected chi connectivity index (χ2v) is 7.68. The molecule has 0 aliphatic heterocycles. The SMILES string of the molecule is Cc1c(C(=O)N(C(C)C)C(C)C)sc2nc(-c3ccc(F)cc3)cn12. The molecule has 0 saturated carbocycles. The molecule has 0 radical (unpaired) electrons. The summed E-state index contributed by atoms with van der Waals surface area (Å²) >= 11 is 1.40. The van der Waals surface area contributed by atoms with Gasteiger partial charge in [0.15, 0.2) is 4.96 Å². The largest absolute Gasteiger partial charge is 0.333 e. The molecule has 1 aromatic carbocycles. The van der Waals surface area contributed by atoms with Crippen LogP contribution < -0.4 is 0 Å². The van der Waals surface area contributed by atoms with Gasteiger partial charge in [-0.3, -0.25) is 9.20 Å². The number of fused-ring (bicyclic) bond motifs is 1. The molecular formula is C19H22FN3OS. The number of thiazole rings is 1. The second-order valence-electron chi connectivity index (χ2n) is 6.70. The van der Waals surface area contributed by atoms with Crippen LogP contribution in [-0.2, 0) is 0 Å². The Morgan fingerprint density at radius 2 is 1.76 bits per heavy atom. The summed E-state index contributed by atoms with van der Waals surface area (Å²) in [5.74, 6) is -0.224. The number of benzene rings is 1. The van der Waals surface area contributed by atoms with Gasteiger partial charge in [0.1, 0.15) is 10.7 Å². The van der Waals surface area contributed by atoms with E-state index in [9.17, 15) is 9.18 Å². The van der Waals surface area contributed by atoms with Gasteiger partial charge in [0.25, 0.3) is 5.91 Å². The van der Waals surface area contributed by atoms with Crippen LogP contribution >= 0.6 is 11.3 Å². The highest BCUT2D eigenvalue weighted by molar-refractivity contribution is 7.19. The van der Waals surface area contributed by atoms with Gasteiger partial charge in [-0.25, -0.2) is 9.37 Å². The number of imidazole rings is 1. The number of aryl methyl sites for hydroxylation is 1. The monoisotopic (exact) mass is 359 g/mol. The van der Waals surface area contributed by atoms with Gasteiger partial charge in [-0.1, -0.05) is 11.3 Å². The van der Waals surface area contributed by atoms with Crippen LogP contribution in [0.1, 0.15) is 43.1 Å². The van der Waals surface area contributed by atoms with Crippen LogP contribution in [0.15, 0.2) is 30.5 Å². The Labute approximate surface area is 150 Å². The minimum absolute atomic E-state index is 0.0429. The van der Waals surface area contributed by atoms with Crippen molar-refractivity contribution in [3.8, 4) is 11.3 Å². The normalized spacial score (nSPS) is 11.7. The third kappa shape index (κ3) is 3.18. The van der Waals surface area contributed by atoms with Gasteiger partial charge >= 0.3 is 0 Å². The van der Waals surface area contributed by atoms with Crippen molar-refractivity contribution in [1.82, 2.24) is 14.3 Å². The van der Waals surface area contributed by atoms with Gasteiger partial charge < -0.3 is 4.90 Å². The van der Waals surface area contributed by atoms with Gasteiger partial charge in [-0.05, 0) is 58.9 Å². The summed E-state index contributed by atoms with van der Waals surface area (Å²) in [5.41, 5.74) is 2.52. The number of halogens is 1. The third-order valence-electron chi connectivity index (χ3n) is 4.24. The Hall–Kier alpha value is -2.21. The first kappa shape index (κ1) is 17.6. The molecule has 0 N–H and O–H groups in total. The van der Waals surface area contributed by atoms with E-state index in [0.717, 1.165) is 26.8 Å². The van der Waals surface area contributed by atoms with Crippen LogP contribution in [0.25, 0.3) is 16.2 Å². The minimum atomic E-state index is -0.267. The van der Waals surface area contributed by atoms with E-state index >= 15 is 0 Å². The van der Waals surface area contributed by atoms with Crippen molar-refractivity contribution in [3.05, 3.63) is 46.9 Å². The second kappa shape index (κ2) is 6.59. The number of hydrogen-bond donors (Lipinski definition) is 0. The Bertz CT molecular complexity index is 901. The van der Waals surface area contributed by atoms with Gasteiger partial charge in [-0.15, -0.1) is 0 Å². The molecule has 25 heavy (non-hydrogen) atoms. The standard InChI is InChI=1S/C19H22FN3OS/c1-11(2)23(12(3)4)18(24)17-13(5)22-10-16(21-19(22)25-17)14-6-8-15(20)9-7-14/h6-12H,1-5H3. The molecule has 132 valence electrons. The van der Waals surface area contributed by atoms with Crippen LogP contribution in [0, 0.1) is 12.7 Å². The summed E-state index contributed by atoms with van der Waals surface area (Å²) in [6, 6.07) is 6.54. The van der Waals surface area contributed by atoms with Crippen molar-refractivity contribution in [2.24, 2.45) is 0 Å². The molecule has 2 heterocycles. The molecule has 0 aliphatic rings. The van der Waals surface area contributed by atoms with Crippen molar-refractivity contribution in [2.45, 2.75) is 46.7 Å². The third-order valence-corrected chi connectivity index (χ3v) is 5.38. The van der Waals surface area contributed by atoms with Gasteiger partial charge in [-0.2, -0.15) is 0 Å². The molecule has 0 aliphatic carbocycles. The number of aromatic nitrogens is 2. The van der Waals surface area contributed by atoms with Crippen LogP contribution in [-0.4, -0.2) is 32.3 Å². The maximum absolute atomic E-state index is 13.1. The van der Waals surface area contributed by atoms with E-state index in [0.29, 0.717) is 0 Å². The Morgan fingerprint density at radius 1 is 1.16 bits per heavy atom. The Kier molecular flexibility index (Phi) is 4.64. The number of hydrogen-bond acceptors (Lipinski definition) is 3. The first-order valence-electron chi connectivity index (χ1n) is 8.36. The van der Waals surface area contributed by atoms with E-state index in [1.807, 2.05) is 50.1 Å². The zero-order valence-corrected chi connectivity index (χ0v) is 15.9. The molecule has 3 rings (SSSR count). The molecule has 4 nitrogen and oxygen atoms in total. The number of nitrogens with zero attached hydrogens (tertiary/aromatic N) is 3. The van der Waals surface area contributed by atoms with E-state index in [2.05, 4.69) is 4.98 Å². The summed E-state index contributed by atoms with van der Waals surface area (Å²) in [7, 11) is 0. The molecule has 0 unspecified atom stereocenters. The number of rotatable bonds is 4. The van der Waals surface area contributed by atoms with Crippen molar-refractivity contribution >= 4 is 22.2 Å². The topological polar surface area (TPSA) is 37.6 Å². The van der Waals surface area contributed by atoms with Crippen molar-refractivity contribution in [1.29, 1.82) is 0 Å². The maximum atomic E-state index is 13.1. The predicted octanol–water partition coefficient (Wildman–Crippen LogP) is 4.77.